The van der Waals surface area contributed by atoms with Crippen LogP contribution in [-0.4, -0.2) is 66.2 Å². The van der Waals surface area contributed by atoms with Gasteiger partial charge in [0.1, 0.15) is 0 Å². The molecule has 0 saturated heterocycles. The maximum atomic E-state index is 5.14. The van der Waals surface area contributed by atoms with Gasteiger partial charge in [-0.15, -0.1) is 302 Å². The van der Waals surface area contributed by atoms with Crippen LogP contribution in [0.2, 0.25) is 0 Å². The molecule has 9 heterocycles. The summed E-state index contributed by atoms with van der Waals surface area (Å²) < 4.78 is 15.4. The summed E-state index contributed by atoms with van der Waals surface area (Å²) in [5, 5.41) is 24.5. The Labute approximate surface area is 894 Å². The molecule has 147 heavy (non-hydrogen) atoms. The summed E-state index contributed by atoms with van der Waals surface area (Å²) in [6, 6.07) is 174. The Kier molecular flexibility index (Phi) is 36.1. The predicted molar refractivity (Wildman–Crippen MR) is 590 cm³/mol. The first kappa shape index (κ1) is 103. The molecule has 27 rings (SSSR count). The summed E-state index contributed by atoms with van der Waals surface area (Å²) in [5.74, 6) is 2.41. The van der Waals surface area contributed by atoms with Crippen LogP contribution < -0.4 is 14.2 Å². The van der Waals surface area contributed by atoms with Gasteiger partial charge in [-0.2, -0.15) is 0 Å². The maximum Gasteiger partial charge on any atom is 0.0647 e. The van der Waals surface area contributed by atoms with E-state index in [1.807, 2.05) is 347 Å². The molecule has 27 aromatic rings. The van der Waals surface area contributed by atoms with Gasteiger partial charge in [0.05, 0.1) is 21.3 Å². The minimum atomic E-state index is 0. The van der Waals surface area contributed by atoms with E-state index in [1.165, 1.54) is 80.8 Å². The van der Waals surface area contributed by atoms with Crippen molar-refractivity contribution in [3.05, 3.63) is 547 Å². The van der Waals surface area contributed by atoms with Crippen LogP contribution in [0.3, 0.4) is 0 Å². The maximum absolute atomic E-state index is 5.14. The zero-order valence-corrected chi connectivity index (χ0v) is 87.2. The van der Waals surface area contributed by atoms with Gasteiger partial charge in [0.15, 0.2) is 0 Å². The number of methoxy groups -OCH3 is 3. The van der Waals surface area contributed by atoms with Crippen molar-refractivity contribution in [3.8, 4) is 84.8 Å². The molecule has 0 aliphatic rings. The third kappa shape index (κ3) is 25.3. The molecule has 0 spiro atoms. The number of nitrogens with zero attached hydrogens (tertiary/aromatic N) is 9. The molecule has 0 aliphatic carbocycles. The van der Waals surface area contributed by atoms with Crippen LogP contribution in [0.15, 0.2) is 493 Å². The molecule has 0 fully saturated rings. The fraction of sp³-hybridized carbons (Fsp3) is 0.0227. The van der Waals surface area contributed by atoms with Crippen LogP contribution in [-0.2, 0) is 60.3 Å². The third-order valence-corrected chi connectivity index (χ3v) is 24.0. The molecule has 0 atom stereocenters. The first-order valence-electron chi connectivity index (χ1n) is 46.9. The van der Waals surface area contributed by atoms with E-state index in [0.29, 0.717) is 0 Å². The van der Waals surface area contributed by atoms with E-state index in [1.54, 1.807) is 21.3 Å². The zero-order valence-electron chi connectivity index (χ0n) is 80.0. The molecule has 0 unspecified atom stereocenters. The molecule has 0 aliphatic heterocycles. The smallest absolute Gasteiger partial charge is 0.0647 e. The second kappa shape index (κ2) is 51.6. The van der Waals surface area contributed by atoms with E-state index < -0.39 is 0 Å². The fourth-order valence-corrected chi connectivity index (χ4v) is 16.9. The van der Waals surface area contributed by atoms with Gasteiger partial charge in [0, 0.05) is 133 Å². The number of ether oxygens (including phenoxy) is 3. The topological polar surface area (TPSA) is 144 Å². The Morgan fingerprint density at radius 3 is 0.578 bits per heavy atom. The molecule has 0 bridgehead atoms. The number of rotatable bonds is 9. The molecule has 9 aromatic heterocycles. The van der Waals surface area contributed by atoms with Gasteiger partial charge in [-0.1, -0.05) is 200 Å². The molecular weight excluding hydrogens is 2340 g/mol. The van der Waals surface area contributed by atoms with E-state index in [9.17, 15) is 0 Å². The van der Waals surface area contributed by atoms with Gasteiger partial charge < -0.3 is 59.1 Å². The summed E-state index contributed by atoms with van der Waals surface area (Å²) >= 11 is 0. The predicted octanol–water partition coefficient (Wildman–Crippen LogP) is 31.8. The monoisotopic (exact) mass is 2430 g/mol. The number of fused-ring (bicyclic) bond motifs is 15. The molecule has 0 saturated carbocycles. The summed E-state index contributed by atoms with van der Waals surface area (Å²) in [4.78, 5) is 39.9. The van der Waals surface area contributed by atoms with Crippen LogP contribution in [0.25, 0.3) is 197 Å². The van der Waals surface area contributed by atoms with Crippen LogP contribution in [0.5, 0.6) is 17.2 Å². The van der Waals surface area contributed by atoms with Gasteiger partial charge in [0.25, 0.3) is 0 Å². The average molecular weight is 2430 g/mol. The average Bonchev–Trinajstić information content (AvgIpc) is 0.797. The van der Waals surface area contributed by atoms with E-state index in [-0.39, 0.29) is 60.3 Å². The number of pyridine rings is 9. The largest absolute Gasteiger partial charge is 0.540 e. The van der Waals surface area contributed by atoms with Crippen molar-refractivity contribution >= 4 is 130 Å². The van der Waals surface area contributed by atoms with E-state index in [0.717, 1.165) is 134 Å². The molecule has 12 nitrogen and oxygen atoms in total. The van der Waals surface area contributed by atoms with Gasteiger partial charge in [-0.05, 0) is 186 Å². The number of aromatic nitrogens is 9. The first-order valence-corrected chi connectivity index (χ1v) is 46.9. The Bertz CT molecular complexity index is 7980. The fourth-order valence-electron chi connectivity index (χ4n) is 16.9. The van der Waals surface area contributed by atoms with Crippen molar-refractivity contribution in [1.29, 1.82) is 0 Å². The standard InChI is InChI=1S/3C16H12NO.3C15H10N.3C13H8N.3Ir/c3*1-18-14-8-6-13(7-9-14)16-15-5-3-2-4-12(15)10-11-17-16;3*1-2-7-13(8-3-1)15-14-9-5-4-6-12(14)10-11-16-15;3*1-2-6-12-10(4-1)7-8-11-5-3-9-14-13(11)12;;;/h3*2-6,8-11H,1H3;3*1-7,9-11H;3*1-5,7-9H;;;/q9*-1;;;. The number of hydrogen-bond donors (Lipinski definition) is 0. The minimum absolute atomic E-state index is 0. The molecule has 15 heteroatoms. The first-order chi connectivity index (χ1) is 71.3. The molecule has 18 aromatic carbocycles. The summed E-state index contributed by atoms with van der Waals surface area (Å²) in [5.41, 5.74) is 15.0. The van der Waals surface area contributed by atoms with Crippen molar-refractivity contribution in [2.75, 3.05) is 21.3 Å². The van der Waals surface area contributed by atoms with Crippen molar-refractivity contribution in [2.24, 2.45) is 0 Å². The van der Waals surface area contributed by atoms with Crippen molar-refractivity contribution in [1.82, 2.24) is 44.9 Å². The van der Waals surface area contributed by atoms with Crippen LogP contribution in [0.4, 0.5) is 0 Å². The second-order valence-electron chi connectivity index (χ2n) is 32.9. The third-order valence-electron chi connectivity index (χ3n) is 24.0. The normalized spacial score (nSPS) is 10.4. The van der Waals surface area contributed by atoms with Crippen molar-refractivity contribution in [3.63, 3.8) is 0 Å². The molecule has 3 radical (unpaired) electrons. The molecular formula is C132H90Ir3N9O3-9. The van der Waals surface area contributed by atoms with Crippen LogP contribution >= 0.6 is 0 Å². The van der Waals surface area contributed by atoms with Gasteiger partial charge in [-0.25, -0.2) is 0 Å². The van der Waals surface area contributed by atoms with E-state index >= 15 is 0 Å². The Hall–Kier alpha value is -17.2. The SMILES string of the molecule is COc1c[c-]c(-c2nccc3ccccc23)cc1.COc1c[c-]c(-c2nccc3ccccc23)cc1.COc1c[c-]c(-c2nccc3ccccc23)cc1.[Ir].[Ir].[Ir].[c-]1cccc2ccc3cccnc3c12.[c-]1cccc2ccc3cccnc3c12.[c-]1cccc2ccc3cccnc3c12.[c-]1ccccc1-c1nccc2ccccc12.[c-]1ccccc1-c1nccc2ccccc12.[c-]1ccccc1-c1nccc2ccccc12. The Morgan fingerprint density at radius 2 is 0.361 bits per heavy atom. The summed E-state index contributed by atoms with van der Waals surface area (Å²) in [6.07, 6.45) is 16.5. The van der Waals surface area contributed by atoms with Gasteiger partial charge >= 0.3 is 0 Å². The van der Waals surface area contributed by atoms with E-state index in [2.05, 4.69) is 245 Å². The summed E-state index contributed by atoms with van der Waals surface area (Å²) in [6.45, 7) is 0. The number of hydrogen-bond acceptors (Lipinski definition) is 12. The second-order valence-corrected chi connectivity index (χ2v) is 32.9. The van der Waals surface area contributed by atoms with Crippen molar-refractivity contribution in [2.45, 2.75) is 0 Å². The number of benzene rings is 18. The van der Waals surface area contributed by atoms with Crippen molar-refractivity contribution < 1.29 is 74.5 Å². The van der Waals surface area contributed by atoms with Gasteiger partial charge in [-0.3, -0.25) is 0 Å². The molecule has 0 amide bonds. The van der Waals surface area contributed by atoms with Crippen LogP contribution in [0.1, 0.15) is 0 Å². The van der Waals surface area contributed by atoms with E-state index in [4.69, 9.17) is 14.2 Å². The zero-order chi connectivity index (χ0) is 97.6. The Balaban J connectivity index is 0.000000118. The Morgan fingerprint density at radius 1 is 0.156 bits per heavy atom. The van der Waals surface area contributed by atoms with Gasteiger partial charge in [0.2, 0.25) is 0 Å². The molecule has 717 valence electrons. The van der Waals surface area contributed by atoms with Crippen LogP contribution in [0, 0.1) is 54.6 Å². The molecule has 0 N–H and O–H groups in total. The quantitative estimate of drug-likeness (QED) is 0.100. The summed E-state index contributed by atoms with van der Waals surface area (Å²) in [7, 11) is 4.96. The minimum Gasteiger partial charge on any atom is -0.540 e.